The Balaban J connectivity index is 1.68. The predicted molar refractivity (Wildman–Crippen MR) is 113 cm³/mol. The van der Waals surface area contributed by atoms with Crippen molar-refractivity contribution in [1.29, 1.82) is 0 Å². The number of rotatable bonds is 6. The molecule has 7 heteroatoms. The number of aromatic nitrogens is 2. The number of aryl methyl sites for hydroxylation is 2. The van der Waals surface area contributed by atoms with Gasteiger partial charge in [-0.1, -0.05) is 42.1 Å². The molecule has 2 heterocycles. The lowest BCUT2D eigenvalue weighted by Gasteiger charge is -2.13. The first-order valence-electron chi connectivity index (χ1n) is 8.83. The zero-order valence-electron chi connectivity index (χ0n) is 15.9. The van der Waals surface area contributed by atoms with Crippen molar-refractivity contribution in [2.24, 2.45) is 7.05 Å². The second kappa shape index (κ2) is 8.27. The summed E-state index contributed by atoms with van der Waals surface area (Å²) in [6, 6.07) is 10.1. The molecule has 0 aliphatic carbocycles. The molecule has 1 unspecified atom stereocenters. The number of amides is 1. The molecule has 142 valence electrons. The monoisotopic (exact) mass is 401 g/mol. The Bertz CT molecular complexity index is 1030. The first kappa shape index (κ1) is 19.6. The van der Waals surface area contributed by atoms with E-state index in [0.29, 0.717) is 17.1 Å². The zero-order chi connectivity index (χ0) is 19.6. The average Bonchev–Trinajstić information content (AvgIpc) is 2.94. The van der Waals surface area contributed by atoms with Crippen LogP contribution in [0.15, 0.2) is 40.3 Å². The van der Waals surface area contributed by atoms with Crippen LogP contribution in [0.1, 0.15) is 22.9 Å². The Morgan fingerprint density at radius 1 is 1.30 bits per heavy atom. The van der Waals surface area contributed by atoms with Crippen LogP contribution in [0, 0.1) is 13.8 Å². The van der Waals surface area contributed by atoms with Crippen molar-refractivity contribution in [2.75, 3.05) is 6.54 Å². The molecule has 0 fully saturated rings. The number of hydrogen-bond acceptors (Lipinski definition) is 5. The molecule has 0 saturated heterocycles. The third kappa shape index (κ3) is 4.25. The van der Waals surface area contributed by atoms with Crippen LogP contribution in [0.2, 0.25) is 0 Å². The van der Waals surface area contributed by atoms with Gasteiger partial charge in [-0.3, -0.25) is 14.2 Å². The Morgan fingerprint density at radius 3 is 2.70 bits per heavy atom. The van der Waals surface area contributed by atoms with E-state index in [2.05, 4.69) is 10.3 Å². The molecule has 0 spiro atoms. The van der Waals surface area contributed by atoms with E-state index in [0.717, 1.165) is 21.7 Å². The normalized spacial score (nSPS) is 12.3. The summed E-state index contributed by atoms with van der Waals surface area (Å²) in [5, 5.41) is 3.88. The van der Waals surface area contributed by atoms with Crippen LogP contribution in [0.3, 0.4) is 0 Å². The summed E-state index contributed by atoms with van der Waals surface area (Å²) < 4.78 is 1.54. The molecular weight excluding hydrogens is 378 g/mol. The van der Waals surface area contributed by atoms with Gasteiger partial charge in [-0.15, -0.1) is 11.3 Å². The van der Waals surface area contributed by atoms with Crippen LogP contribution in [-0.2, 0) is 18.3 Å². The van der Waals surface area contributed by atoms with Crippen LogP contribution >= 0.6 is 23.1 Å². The van der Waals surface area contributed by atoms with E-state index in [4.69, 9.17) is 0 Å². The SMILES string of the molecule is Cc1sc2nc(SC(C)C(=O)NCCc3ccccc3)n(C)c(=O)c2c1C. The fourth-order valence-corrected chi connectivity index (χ4v) is 4.76. The molecule has 1 aromatic carbocycles. The number of thiophene rings is 1. The maximum Gasteiger partial charge on any atom is 0.262 e. The van der Waals surface area contributed by atoms with Gasteiger partial charge in [0.25, 0.3) is 5.56 Å². The van der Waals surface area contributed by atoms with Gasteiger partial charge in [0.2, 0.25) is 5.91 Å². The van der Waals surface area contributed by atoms with Gasteiger partial charge < -0.3 is 5.32 Å². The lowest BCUT2D eigenvalue weighted by atomic mass is 10.1. The number of carbonyl (C=O) groups excluding carboxylic acids is 1. The fraction of sp³-hybridized carbons (Fsp3) is 0.350. The summed E-state index contributed by atoms with van der Waals surface area (Å²) >= 11 is 2.84. The summed E-state index contributed by atoms with van der Waals surface area (Å²) in [4.78, 5) is 31.6. The van der Waals surface area contributed by atoms with Crippen LogP contribution in [0.5, 0.6) is 0 Å². The molecule has 0 radical (unpaired) electrons. The van der Waals surface area contributed by atoms with Gasteiger partial charge in [0.05, 0.1) is 10.6 Å². The molecule has 1 atom stereocenters. The summed E-state index contributed by atoms with van der Waals surface area (Å²) in [6.45, 7) is 6.37. The van der Waals surface area contributed by atoms with Crippen molar-refractivity contribution in [3.63, 3.8) is 0 Å². The van der Waals surface area contributed by atoms with Gasteiger partial charge in [-0.2, -0.15) is 0 Å². The molecule has 0 saturated carbocycles. The number of nitrogens with zero attached hydrogens (tertiary/aromatic N) is 2. The number of carbonyl (C=O) groups is 1. The van der Waals surface area contributed by atoms with E-state index >= 15 is 0 Å². The van der Waals surface area contributed by atoms with Crippen molar-refractivity contribution in [3.05, 3.63) is 56.7 Å². The summed E-state index contributed by atoms with van der Waals surface area (Å²) in [7, 11) is 1.71. The third-order valence-corrected chi connectivity index (χ3v) is 6.82. The molecule has 1 N–H and O–H groups in total. The second-order valence-electron chi connectivity index (χ2n) is 6.51. The largest absolute Gasteiger partial charge is 0.355 e. The number of hydrogen-bond donors (Lipinski definition) is 1. The topological polar surface area (TPSA) is 64.0 Å². The smallest absolute Gasteiger partial charge is 0.262 e. The van der Waals surface area contributed by atoms with Crippen molar-refractivity contribution in [2.45, 2.75) is 37.6 Å². The van der Waals surface area contributed by atoms with Gasteiger partial charge in [-0.25, -0.2) is 4.98 Å². The molecule has 2 aromatic heterocycles. The summed E-state index contributed by atoms with van der Waals surface area (Å²) in [5.74, 6) is -0.0520. The molecular formula is C20H23N3O2S2. The van der Waals surface area contributed by atoms with Crippen molar-refractivity contribution in [1.82, 2.24) is 14.9 Å². The fourth-order valence-electron chi connectivity index (χ4n) is 2.79. The zero-order valence-corrected chi connectivity index (χ0v) is 17.5. The van der Waals surface area contributed by atoms with Gasteiger partial charge in [0, 0.05) is 18.5 Å². The maximum atomic E-state index is 12.7. The van der Waals surface area contributed by atoms with Crippen LogP contribution in [0.25, 0.3) is 10.2 Å². The van der Waals surface area contributed by atoms with E-state index in [1.54, 1.807) is 11.6 Å². The third-order valence-electron chi connectivity index (χ3n) is 4.58. The molecule has 1 amide bonds. The Morgan fingerprint density at radius 2 is 2.00 bits per heavy atom. The van der Waals surface area contributed by atoms with E-state index in [9.17, 15) is 9.59 Å². The van der Waals surface area contributed by atoms with Crippen LogP contribution < -0.4 is 10.9 Å². The Hall–Kier alpha value is -2.12. The average molecular weight is 402 g/mol. The van der Waals surface area contributed by atoms with Gasteiger partial charge in [0.1, 0.15) is 4.83 Å². The standard InChI is InChI=1S/C20H23N3O2S2/c1-12-13(2)26-18-16(12)19(25)23(4)20(22-18)27-14(3)17(24)21-11-10-15-8-6-5-7-9-15/h5-9,14H,10-11H2,1-4H3,(H,21,24). The minimum atomic E-state index is -0.335. The minimum absolute atomic E-state index is 0.0520. The van der Waals surface area contributed by atoms with Crippen LogP contribution in [-0.4, -0.2) is 27.3 Å². The van der Waals surface area contributed by atoms with Crippen LogP contribution in [0.4, 0.5) is 0 Å². The predicted octanol–water partition coefficient (Wildman–Crippen LogP) is 3.45. The molecule has 0 bridgehead atoms. The van der Waals surface area contributed by atoms with E-state index in [1.807, 2.05) is 51.1 Å². The Kier molecular flexibility index (Phi) is 6.01. The first-order valence-corrected chi connectivity index (χ1v) is 10.5. The van der Waals surface area contributed by atoms with Gasteiger partial charge in [0.15, 0.2) is 5.16 Å². The summed E-state index contributed by atoms with van der Waals surface area (Å²) in [6.07, 6.45) is 0.792. The highest BCUT2D eigenvalue weighted by molar-refractivity contribution is 8.00. The van der Waals surface area contributed by atoms with Crippen molar-refractivity contribution in [3.8, 4) is 0 Å². The molecule has 0 aliphatic heterocycles. The highest BCUT2D eigenvalue weighted by atomic mass is 32.2. The number of benzene rings is 1. The van der Waals surface area contributed by atoms with Gasteiger partial charge in [-0.05, 0) is 38.3 Å². The van der Waals surface area contributed by atoms with Gasteiger partial charge >= 0.3 is 0 Å². The maximum absolute atomic E-state index is 12.7. The molecule has 3 aromatic rings. The minimum Gasteiger partial charge on any atom is -0.355 e. The lowest BCUT2D eigenvalue weighted by molar-refractivity contribution is -0.120. The van der Waals surface area contributed by atoms with Crippen molar-refractivity contribution >= 4 is 39.2 Å². The highest BCUT2D eigenvalue weighted by Crippen LogP contribution is 2.29. The Labute approximate surface area is 166 Å². The quantitative estimate of drug-likeness (QED) is 0.508. The van der Waals surface area contributed by atoms with Crippen molar-refractivity contribution < 1.29 is 4.79 Å². The van der Waals surface area contributed by atoms with E-state index in [1.165, 1.54) is 28.7 Å². The lowest BCUT2D eigenvalue weighted by Crippen LogP contribution is -2.33. The first-order chi connectivity index (χ1) is 12.9. The summed E-state index contributed by atoms with van der Waals surface area (Å²) in [5.41, 5.74) is 2.13. The highest BCUT2D eigenvalue weighted by Gasteiger charge is 2.20. The molecule has 27 heavy (non-hydrogen) atoms. The number of nitrogens with one attached hydrogen (secondary N) is 1. The molecule has 0 aliphatic rings. The number of thioether (sulfide) groups is 1. The number of fused-ring (bicyclic) bond motifs is 1. The molecule has 5 nitrogen and oxygen atoms in total. The van der Waals surface area contributed by atoms with E-state index < -0.39 is 0 Å². The second-order valence-corrected chi connectivity index (χ2v) is 9.02. The molecule has 3 rings (SSSR count). The van der Waals surface area contributed by atoms with E-state index in [-0.39, 0.29) is 16.7 Å².